The van der Waals surface area contributed by atoms with Crippen LogP contribution >= 0.6 is 0 Å². The molecule has 16 heavy (non-hydrogen) atoms. The molecule has 0 radical (unpaired) electrons. The van der Waals surface area contributed by atoms with Gasteiger partial charge in [0.2, 0.25) is 5.91 Å². The molecule has 0 aromatic carbocycles. The molecule has 0 rings (SSSR count). The monoisotopic (exact) mass is 227 g/mol. The molecular formula is C12H21NO3. The molecule has 4 nitrogen and oxygen atoms in total. The SMILES string of the molecule is C=C(CC(=O)O)C(=O)NC(C)CCCCC. The number of hydrogen-bond donors (Lipinski definition) is 2. The lowest BCUT2D eigenvalue weighted by molar-refractivity contribution is -0.137. The first-order chi connectivity index (χ1) is 7.47. The molecule has 0 aromatic rings. The van der Waals surface area contributed by atoms with Crippen LogP contribution < -0.4 is 5.32 Å². The zero-order valence-corrected chi connectivity index (χ0v) is 10.1. The third-order valence-electron chi connectivity index (χ3n) is 2.30. The fraction of sp³-hybridized carbons (Fsp3) is 0.667. The molecule has 0 aliphatic rings. The molecule has 0 bridgehead atoms. The summed E-state index contributed by atoms with van der Waals surface area (Å²) in [5.74, 6) is -1.38. The van der Waals surface area contributed by atoms with E-state index in [0.29, 0.717) is 0 Å². The minimum absolute atomic E-state index is 0.0737. The van der Waals surface area contributed by atoms with Gasteiger partial charge in [-0.2, -0.15) is 0 Å². The Morgan fingerprint density at radius 3 is 2.50 bits per heavy atom. The molecule has 0 saturated heterocycles. The van der Waals surface area contributed by atoms with Gasteiger partial charge in [-0.3, -0.25) is 9.59 Å². The Bertz CT molecular complexity index is 261. The van der Waals surface area contributed by atoms with Crippen molar-refractivity contribution in [3.05, 3.63) is 12.2 Å². The highest BCUT2D eigenvalue weighted by Crippen LogP contribution is 2.04. The van der Waals surface area contributed by atoms with Crippen molar-refractivity contribution < 1.29 is 14.7 Å². The average Bonchev–Trinajstić information content (AvgIpc) is 2.16. The van der Waals surface area contributed by atoms with Crippen molar-refractivity contribution in [3.8, 4) is 0 Å². The van der Waals surface area contributed by atoms with Crippen LogP contribution in [0.3, 0.4) is 0 Å². The summed E-state index contributed by atoms with van der Waals surface area (Å²) in [6.45, 7) is 7.49. The van der Waals surface area contributed by atoms with Crippen molar-refractivity contribution in [2.24, 2.45) is 0 Å². The van der Waals surface area contributed by atoms with Crippen molar-refractivity contribution in [2.75, 3.05) is 0 Å². The number of amides is 1. The summed E-state index contributed by atoms with van der Waals surface area (Å²) in [5, 5.41) is 11.2. The second kappa shape index (κ2) is 7.91. The maximum absolute atomic E-state index is 11.4. The number of carboxylic acids is 1. The quantitative estimate of drug-likeness (QED) is 0.493. The van der Waals surface area contributed by atoms with Gasteiger partial charge in [-0.05, 0) is 13.3 Å². The third-order valence-corrected chi connectivity index (χ3v) is 2.30. The zero-order valence-electron chi connectivity index (χ0n) is 10.1. The minimum atomic E-state index is -1.03. The van der Waals surface area contributed by atoms with Crippen LogP contribution in [0.4, 0.5) is 0 Å². The van der Waals surface area contributed by atoms with Crippen LogP contribution in [-0.4, -0.2) is 23.0 Å². The molecule has 0 fully saturated rings. The molecule has 1 unspecified atom stereocenters. The summed E-state index contributed by atoms with van der Waals surface area (Å²) in [6, 6.07) is 0.0737. The number of carbonyl (C=O) groups is 2. The number of carbonyl (C=O) groups excluding carboxylic acids is 1. The molecule has 0 aromatic heterocycles. The van der Waals surface area contributed by atoms with E-state index in [1.54, 1.807) is 0 Å². The van der Waals surface area contributed by atoms with Gasteiger partial charge in [0, 0.05) is 11.6 Å². The van der Waals surface area contributed by atoms with E-state index in [4.69, 9.17) is 5.11 Å². The van der Waals surface area contributed by atoms with E-state index in [1.807, 2.05) is 6.92 Å². The predicted octanol–water partition coefficient (Wildman–Crippen LogP) is 2.10. The highest BCUT2D eigenvalue weighted by Gasteiger charge is 2.12. The number of rotatable bonds is 8. The van der Waals surface area contributed by atoms with E-state index in [0.717, 1.165) is 25.7 Å². The molecule has 1 amide bonds. The lowest BCUT2D eigenvalue weighted by atomic mass is 10.1. The predicted molar refractivity (Wildman–Crippen MR) is 63.1 cm³/mol. The lowest BCUT2D eigenvalue weighted by Gasteiger charge is -2.14. The summed E-state index contributed by atoms with van der Waals surface area (Å²) in [6.07, 6.45) is 3.99. The number of hydrogen-bond acceptors (Lipinski definition) is 2. The van der Waals surface area contributed by atoms with E-state index in [2.05, 4.69) is 18.8 Å². The van der Waals surface area contributed by atoms with Gasteiger partial charge in [0.05, 0.1) is 6.42 Å². The average molecular weight is 227 g/mol. The summed E-state index contributed by atoms with van der Waals surface area (Å²) < 4.78 is 0. The summed E-state index contributed by atoms with van der Waals surface area (Å²) in [5.41, 5.74) is 0.106. The van der Waals surface area contributed by atoms with Crippen molar-refractivity contribution >= 4 is 11.9 Å². The molecule has 0 aliphatic carbocycles. The largest absolute Gasteiger partial charge is 0.481 e. The van der Waals surface area contributed by atoms with Gasteiger partial charge in [0.1, 0.15) is 0 Å². The van der Waals surface area contributed by atoms with E-state index in [-0.39, 0.29) is 23.9 Å². The van der Waals surface area contributed by atoms with E-state index >= 15 is 0 Å². The standard InChI is InChI=1S/C12H21NO3/c1-4-5-6-7-10(3)13-12(16)9(2)8-11(14)15/h10H,2,4-8H2,1,3H3,(H,13,16)(H,14,15). The molecule has 92 valence electrons. The van der Waals surface area contributed by atoms with Crippen molar-refractivity contribution in [2.45, 2.75) is 52.0 Å². The Hall–Kier alpha value is -1.32. The Kier molecular flexibility index (Phi) is 7.25. The first-order valence-corrected chi connectivity index (χ1v) is 5.67. The molecule has 0 aliphatic heterocycles. The minimum Gasteiger partial charge on any atom is -0.481 e. The number of carboxylic acid groups (broad SMARTS) is 1. The van der Waals surface area contributed by atoms with Crippen LogP contribution in [0, 0.1) is 0 Å². The van der Waals surface area contributed by atoms with E-state index < -0.39 is 5.97 Å². The highest BCUT2D eigenvalue weighted by molar-refractivity contribution is 5.96. The molecule has 2 N–H and O–H groups in total. The smallest absolute Gasteiger partial charge is 0.308 e. The van der Waals surface area contributed by atoms with Crippen molar-refractivity contribution in [1.29, 1.82) is 0 Å². The fourth-order valence-corrected chi connectivity index (χ4v) is 1.36. The Morgan fingerprint density at radius 2 is 2.00 bits per heavy atom. The summed E-state index contributed by atoms with van der Waals surface area (Å²) in [7, 11) is 0. The fourth-order valence-electron chi connectivity index (χ4n) is 1.36. The number of unbranched alkanes of at least 4 members (excludes halogenated alkanes) is 2. The molecule has 0 saturated carbocycles. The van der Waals surface area contributed by atoms with Gasteiger partial charge in [-0.15, -0.1) is 0 Å². The normalized spacial score (nSPS) is 11.9. The highest BCUT2D eigenvalue weighted by atomic mass is 16.4. The topological polar surface area (TPSA) is 66.4 Å². The first kappa shape index (κ1) is 14.7. The number of aliphatic carboxylic acids is 1. The van der Waals surface area contributed by atoms with Crippen LogP contribution in [-0.2, 0) is 9.59 Å². The van der Waals surface area contributed by atoms with Crippen LogP contribution in [0.1, 0.15) is 46.0 Å². The van der Waals surface area contributed by atoms with Gasteiger partial charge in [0.15, 0.2) is 0 Å². The van der Waals surface area contributed by atoms with Crippen LogP contribution in [0.15, 0.2) is 12.2 Å². The van der Waals surface area contributed by atoms with Gasteiger partial charge in [-0.1, -0.05) is 32.8 Å². The van der Waals surface area contributed by atoms with Crippen LogP contribution in [0.2, 0.25) is 0 Å². The second-order valence-corrected chi connectivity index (χ2v) is 4.04. The van der Waals surface area contributed by atoms with E-state index in [9.17, 15) is 9.59 Å². The molecule has 1 atom stereocenters. The summed E-state index contributed by atoms with van der Waals surface area (Å²) >= 11 is 0. The third kappa shape index (κ3) is 7.04. The summed E-state index contributed by atoms with van der Waals surface area (Å²) in [4.78, 5) is 21.8. The van der Waals surface area contributed by atoms with Gasteiger partial charge >= 0.3 is 5.97 Å². The van der Waals surface area contributed by atoms with Crippen molar-refractivity contribution in [1.82, 2.24) is 5.32 Å². The second-order valence-electron chi connectivity index (χ2n) is 4.04. The van der Waals surface area contributed by atoms with Crippen molar-refractivity contribution in [3.63, 3.8) is 0 Å². The van der Waals surface area contributed by atoms with Gasteiger partial charge < -0.3 is 10.4 Å². The molecule has 4 heteroatoms. The van der Waals surface area contributed by atoms with Crippen LogP contribution in [0.5, 0.6) is 0 Å². The maximum Gasteiger partial charge on any atom is 0.308 e. The zero-order chi connectivity index (χ0) is 12.6. The lowest BCUT2D eigenvalue weighted by Crippen LogP contribution is -2.33. The van der Waals surface area contributed by atoms with E-state index in [1.165, 1.54) is 0 Å². The molecular weight excluding hydrogens is 206 g/mol. The Labute approximate surface area is 96.7 Å². The Morgan fingerprint density at radius 1 is 1.38 bits per heavy atom. The molecule has 0 spiro atoms. The maximum atomic E-state index is 11.4. The van der Waals surface area contributed by atoms with Gasteiger partial charge in [0.25, 0.3) is 0 Å². The Balaban J connectivity index is 3.85. The van der Waals surface area contributed by atoms with Crippen LogP contribution in [0.25, 0.3) is 0 Å². The first-order valence-electron chi connectivity index (χ1n) is 5.67. The van der Waals surface area contributed by atoms with Gasteiger partial charge in [-0.25, -0.2) is 0 Å². The molecule has 0 heterocycles. The number of nitrogens with one attached hydrogen (secondary N) is 1.